The monoisotopic (exact) mass is 404 g/mol. The number of halogens is 1. The maximum atomic E-state index is 13.3. The predicted molar refractivity (Wildman–Crippen MR) is 110 cm³/mol. The normalized spacial score (nSPS) is 19.0. The Morgan fingerprint density at radius 3 is 2.63 bits per heavy atom. The lowest BCUT2D eigenvalue weighted by atomic mass is 10.2. The number of thioether (sulfide) groups is 1. The molecule has 2 atom stereocenters. The molecule has 3 rings (SSSR count). The van der Waals surface area contributed by atoms with Gasteiger partial charge in [-0.2, -0.15) is 0 Å². The number of ether oxygens (including phenoxy) is 1. The quantitative estimate of drug-likeness (QED) is 0.603. The fourth-order valence-corrected chi connectivity index (χ4v) is 4.72. The van der Waals surface area contributed by atoms with Crippen LogP contribution in [-0.2, 0) is 16.1 Å². The fourth-order valence-electron chi connectivity index (χ4n) is 2.92. The van der Waals surface area contributed by atoms with E-state index >= 15 is 0 Å². The molecule has 27 heavy (non-hydrogen) atoms. The number of thiocarbonyl (C=S) groups is 1. The standard InChI is InChI=1S/C20H21FN2O2S2/c1-2-25-19(24)17-13-27-18(15-8-10-16(21)11-9-15)23(17)20(26)22-12-14-6-4-3-5-7-14/h3-11,17-18H,2,12-13H2,1H3,(H,22,26)/t17-,18?/m1/s1. The second kappa shape index (κ2) is 9.19. The Kier molecular flexibility index (Phi) is 6.68. The number of carbonyl (C=O) groups excluding carboxylic acids is 1. The largest absolute Gasteiger partial charge is 0.464 e. The first-order valence-electron chi connectivity index (χ1n) is 8.74. The number of hydrogen-bond acceptors (Lipinski definition) is 4. The highest BCUT2D eigenvalue weighted by molar-refractivity contribution is 7.99. The van der Waals surface area contributed by atoms with E-state index < -0.39 is 6.04 Å². The molecule has 1 aliphatic heterocycles. The highest BCUT2D eigenvalue weighted by Gasteiger charge is 2.41. The first kappa shape index (κ1) is 19.6. The third-order valence-electron chi connectivity index (χ3n) is 4.24. The van der Waals surface area contributed by atoms with Gasteiger partial charge in [-0.15, -0.1) is 11.8 Å². The van der Waals surface area contributed by atoms with Crippen LogP contribution in [0.4, 0.5) is 4.39 Å². The van der Waals surface area contributed by atoms with Gasteiger partial charge in [0.05, 0.1) is 6.61 Å². The molecule has 142 valence electrons. The molecule has 0 spiro atoms. The van der Waals surface area contributed by atoms with Crippen molar-refractivity contribution in [1.82, 2.24) is 10.2 Å². The van der Waals surface area contributed by atoms with E-state index in [0.29, 0.717) is 24.0 Å². The molecule has 1 unspecified atom stereocenters. The third-order valence-corrected chi connectivity index (χ3v) is 5.91. The lowest BCUT2D eigenvalue weighted by Crippen LogP contribution is -2.48. The van der Waals surface area contributed by atoms with Crippen molar-refractivity contribution in [2.45, 2.75) is 24.9 Å². The van der Waals surface area contributed by atoms with Gasteiger partial charge in [-0.25, -0.2) is 9.18 Å². The molecule has 1 aliphatic rings. The second-order valence-electron chi connectivity index (χ2n) is 6.06. The number of hydrogen-bond donors (Lipinski definition) is 1. The first-order chi connectivity index (χ1) is 13.1. The van der Waals surface area contributed by atoms with Crippen molar-refractivity contribution in [1.29, 1.82) is 0 Å². The van der Waals surface area contributed by atoms with Gasteiger partial charge < -0.3 is 15.0 Å². The van der Waals surface area contributed by atoms with Crippen LogP contribution in [0.5, 0.6) is 0 Å². The Morgan fingerprint density at radius 1 is 1.26 bits per heavy atom. The second-order valence-corrected chi connectivity index (χ2v) is 7.56. The van der Waals surface area contributed by atoms with Crippen molar-refractivity contribution >= 4 is 35.1 Å². The van der Waals surface area contributed by atoms with Gasteiger partial charge in [0.15, 0.2) is 5.11 Å². The lowest BCUT2D eigenvalue weighted by molar-refractivity contribution is -0.147. The van der Waals surface area contributed by atoms with Crippen molar-refractivity contribution in [2.24, 2.45) is 0 Å². The molecule has 1 heterocycles. The van der Waals surface area contributed by atoms with E-state index in [9.17, 15) is 9.18 Å². The molecule has 4 nitrogen and oxygen atoms in total. The van der Waals surface area contributed by atoms with Crippen LogP contribution in [-0.4, -0.2) is 34.4 Å². The summed E-state index contributed by atoms with van der Waals surface area (Å²) < 4.78 is 18.5. The number of nitrogens with one attached hydrogen (secondary N) is 1. The minimum absolute atomic E-state index is 0.171. The van der Waals surface area contributed by atoms with E-state index in [1.165, 1.54) is 12.1 Å². The molecule has 0 amide bonds. The van der Waals surface area contributed by atoms with Crippen molar-refractivity contribution in [3.8, 4) is 0 Å². The summed E-state index contributed by atoms with van der Waals surface area (Å²) >= 11 is 7.21. The molecule has 0 aromatic heterocycles. The van der Waals surface area contributed by atoms with Crippen molar-refractivity contribution in [3.05, 3.63) is 71.5 Å². The average Bonchev–Trinajstić information content (AvgIpc) is 3.13. The summed E-state index contributed by atoms with van der Waals surface area (Å²) in [4.78, 5) is 14.3. The minimum atomic E-state index is -0.472. The zero-order chi connectivity index (χ0) is 19.2. The van der Waals surface area contributed by atoms with Crippen LogP contribution in [0.15, 0.2) is 54.6 Å². The van der Waals surface area contributed by atoms with Crippen LogP contribution in [0.25, 0.3) is 0 Å². The van der Waals surface area contributed by atoms with E-state index in [2.05, 4.69) is 5.32 Å². The molecule has 0 saturated carbocycles. The van der Waals surface area contributed by atoms with Gasteiger partial charge in [0.2, 0.25) is 0 Å². The van der Waals surface area contributed by atoms with Gasteiger partial charge in [-0.1, -0.05) is 42.5 Å². The average molecular weight is 405 g/mol. The highest BCUT2D eigenvalue weighted by atomic mass is 32.2. The van der Waals surface area contributed by atoms with Crippen LogP contribution in [0.2, 0.25) is 0 Å². The van der Waals surface area contributed by atoms with Gasteiger partial charge >= 0.3 is 5.97 Å². The van der Waals surface area contributed by atoms with Gasteiger partial charge in [0.25, 0.3) is 0 Å². The number of rotatable bonds is 5. The zero-order valence-electron chi connectivity index (χ0n) is 14.9. The Morgan fingerprint density at radius 2 is 1.96 bits per heavy atom. The molecule has 2 aromatic carbocycles. The van der Waals surface area contributed by atoms with Crippen LogP contribution < -0.4 is 5.32 Å². The van der Waals surface area contributed by atoms with Gasteiger partial charge in [-0.05, 0) is 42.4 Å². The maximum Gasteiger partial charge on any atom is 0.329 e. The van der Waals surface area contributed by atoms with Gasteiger partial charge in [-0.3, -0.25) is 0 Å². The minimum Gasteiger partial charge on any atom is -0.464 e. The SMILES string of the molecule is CCOC(=O)[C@H]1CSC(c2ccc(F)cc2)N1C(=S)NCc1ccccc1. The topological polar surface area (TPSA) is 41.6 Å². The number of carbonyl (C=O) groups is 1. The van der Waals surface area contributed by atoms with E-state index in [0.717, 1.165) is 11.1 Å². The summed E-state index contributed by atoms with van der Waals surface area (Å²) in [6.07, 6.45) is 0. The Bertz CT molecular complexity index is 786. The summed E-state index contributed by atoms with van der Waals surface area (Å²) in [5.41, 5.74) is 2.00. The van der Waals surface area contributed by atoms with Crippen molar-refractivity contribution < 1.29 is 13.9 Å². The van der Waals surface area contributed by atoms with Crippen LogP contribution >= 0.6 is 24.0 Å². The molecule has 1 saturated heterocycles. The highest BCUT2D eigenvalue weighted by Crippen LogP contribution is 2.41. The molecular weight excluding hydrogens is 383 g/mol. The lowest BCUT2D eigenvalue weighted by Gasteiger charge is -2.31. The molecule has 0 bridgehead atoms. The molecule has 1 fully saturated rings. The molecular formula is C20H21FN2O2S2. The number of nitrogens with zero attached hydrogens (tertiary/aromatic N) is 1. The third kappa shape index (κ3) is 4.78. The van der Waals surface area contributed by atoms with Crippen LogP contribution in [0, 0.1) is 5.82 Å². The Balaban J connectivity index is 1.79. The van der Waals surface area contributed by atoms with Crippen LogP contribution in [0.3, 0.4) is 0 Å². The van der Waals surface area contributed by atoms with Crippen molar-refractivity contribution in [3.63, 3.8) is 0 Å². The summed E-state index contributed by atoms with van der Waals surface area (Å²) in [6, 6.07) is 15.7. The zero-order valence-corrected chi connectivity index (χ0v) is 16.6. The fraction of sp³-hybridized carbons (Fsp3) is 0.300. The Hall–Kier alpha value is -2.12. The van der Waals surface area contributed by atoms with E-state index in [1.54, 1.807) is 30.8 Å². The molecule has 2 aromatic rings. The predicted octanol–water partition coefficient (Wildman–Crippen LogP) is 3.88. The summed E-state index contributed by atoms with van der Waals surface area (Å²) in [7, 11) is 0. The smallest absolute Gasteiger partial charge is 0.329 e. The van der Waals surface area contributed by atoms with E-state index in [4.69, 9.17) is 17.0 Å². The molecule has 1 N–H and O–H groups in total. The summed E-state index contributed by atoms with van der Waals surface area (Å²) in [5.74, 6) is -0.0212. The number of benzene rings is 2. The maximum absolute atomic E-state index is 13.3. The van der Waals surface area contributed by atoms with Crippen molar-refractivity contribution in [2.75, 3.05) is 12.4 Å². The Labute approximate surface area is 168 Å². The number of esters is 1. The van der Waals surface area contributed by atoms with Gasteiger partial charge in [0, 0.05) is 12.3 Å². The molecule has 7 heteroatoms. The van der Waals surface area contributed by atoms with Crippen LogP contribution in [0.1, 0.15) is 23.4 Å². The van der Waals surface area contributed by atoms with E-state index in [1.807, 2.05) is 35.2 Å². The molecule has 0 aliphatic carbocycles. The summed E-state index contributed by atoms with van der Waals surface area (Å²) in [6.45, 7) is 2.67. The summed E-state index contributed by atoms with van der Waals surface area (Å²) in [5, 5.41) is 3.55. The molecule has 0 radical (unpaired) electrons. The van der Waals surface area contributed by atoms with E-state index in [-0.39, 0.29) is 17.2 Å². The van der Waals surface area contributed by atoms with Gasteiger partial charge in [0.1, 0.15) is 17.2 Å². The first-order valence-corrected chi connectivity index (χ1v) is 10.2.